The van der Waals surface area contributed by atoms with E-state index in [1.54, 1.807) is 0 Å². The van der Waals surface area contributed by atoms with Gasteiger partial charge in [0.1, 0.15) is 0 Å². The number of benzene rings is 2. The quantitative estimate of drug-likeness (QED) is 0.733. The molecule has 0 atom stereocenters. The van der Waals surface area contributed by atoms with Crippen LogP contribution in [0.25, 0.3) is 6.08 Å². The molecule has 0 saturated heterocycles. The first kappa shape index (κ1) is 12.5. The molecule has 0 N–H and O–H groups in total. The summed E-state index contributed by atoms with van der Waals surface area (Å²) < 4.78 is 1.12. The standard InChI is InChI=1S/C15H13BrS/c16-15-8-6-13(7-9-15)10-11-17-12-14-4-2-1-3-5-14/h1-11H,12H2/b11-10+. The zero-order valence-corrected chi connectivity index (χ0v) is 11.7. The molecule has 0 aliphatic carbocycles. The lowest BCUT2D eigenvalue weighted by Crippen LogP contribution is -1.75. The van der Waals surface area contributed by atoms with E-state index in [1.165, 1.54) is 11.1 Å². The zero-order valence-electron chi connectivity index (χ0n) is 9.34. The summed E-state index contributed by atoms with van der Waals surface area (Å²) in [6, 6.07) is 18.8. The molecule has 0 nitrogen and oxygen atoms in total. The number of thioether (sulfide) groups is 1. The fourth-order valence-electron chi connectivity index (χ4n) is 1.42. The molecule has 0 aromatic heterocycles. The summed E-state index contributed by atoms with van der Waals surface area (Å²) in [5.74, 6) is 1.02. The fraction of sp³-hybridized carbons (Fsp3) is 0.0667. The minimum atomic E-state index is 1.02. The lowest BCUT2D eigenvalue weighted by atomic mass is 10.2. The molecule has 0 bridgehead atoms. The highest BCUT2D eigenvalue weighted by Crippen LogP contribution is 2.16. The molecule has 0 amide bonds. The van der Waals surface area contributed by atoms with Gasteiger partial charge in [0, 0.05) is 10.2 Å². The van der Waals surface area contributed by atoms with Gasteiger partial charge in [-0.1, -0.05) is 58.4 Å². The van der Waals surface area contributed by atoms with Crippen molar-refractivity contribution in [2.75, 3.05) is 0 Å². The summed E-state index contributed by atoms with van der Waals surface area (Å²) in [7, 11) is 0. The Bertz CT molecular complexity index is 474. The molecule has 0 heterocycles. The molecule has 0 fully saturated rings. The van der Waals surface area contributed by atoms with Crippen LogP contribution in [0.3, 0.4) is 0 Å². The van der Waals surface area contributed by atoms with Crippen LogP contribution in [0.5, 0.6) is 0 Å². The summed E-state index contributed by atoms with van der Waals surface area (Å²) in [4.78, 5) is 0. The van der Waals surface area contributed by atoms with Gasteiger partial charge in [-0.15, -0.1) is 11.8 Å². The van der Waals surface area contributed by atoms with E-state index in [1.807, 2.05) is 17.8 Å². The summed E-state index contributed by atoms with van der Waals surface area (Å²) in [6.07, 6.45) is 2.14. The maximum Gasteiger partial charge on any atom is 0.0226 e. The number of hydrogen-bond donors (Lipinski definition) is 0. The molecule has 2 aromatic carbocycles. The Morgan fingerprint density at radius 3 is 2.35 bits per heavy atom. The number of rotatable bonds is 4. The Labute approximate surface area is 115 Å². The number of halogens is 1. The van der Waals surface area contributed by atoms with Gasteiger partial charge in [0.2, 0.25) is 0 Å². The van der Waals surface area contributed by atoms with Crippen LogP contribution in [0, 0.1) is 0 Å². The van der Waals surface area contributed by atoms with Crippen molar-refractivity contribution in [2.45, 2.75) is 5.75 Å². The second-order valence-corrected chi connectivity index (χ2v) is 5.46. The molecule has 0 aliphatic heterocycles. The van der Waals surface area contributed by atoms with Gasteiger partial charge in [0.15, 0.2) is 0 Å². The highest BCUT2D eigenvalue weighted by Gasteiger charge is 1.90. The van der Waals surface area contributed by atoms with Gasteiger partial charge in [0.25, 0.3) is 0 Å². The average Bonchev–Trinajstić information content (AvgIpc) is 2.38. The average molecular weight is 305 g/mol. The summed E-state index contributed by atoms with van der Waals surface area (Å²) >= 11 is 5.24. The summed E-state index contributed by atoms with van der Waals surface area (Å²) in [5, 5.41) is 2.15. The van der Waals surface area contributed by atoms with Crippen molar-refractivity contribution < 1.29 is 0 Å². The molecule has 17 heavy (non-hydrogen) atoms. The molecule has 0 saturated carbocycles. The van der Waals surface area contributed by atoms with Crippen LogP contribution >= 0.6 is 27.7 Å². The van der Waals surface area contributed by atoms with E-state index < -0.39 is 0 Å². The first-order valence-corrected chi connectivity index (χ1v) is 7.26. The lowest BCUT2D eigenvalue weighted by molar-refractivity contribution is 1.42. The molecule has 0 radical (unpaired) electrons. The van der Waals surface area contributed by atoms with E-state index >= 15 is 0 Å². The van der Waals surface area contributed by atoms with Crippen LogP contribution in [-0.2, 0) is 5.75 Å². The molecule has 0 spiro atoms. The molecule has 0 unspecified atom stereocenters. The van der Waals surface area contributed by atoms with Crippen molar-refractivity contribution >= 4 is 33.8 Å². The monoisotopic (exact) mass is 304 g/mol. The molecule has 2 rings (SSSR count). The van der Waals surface area contributed by atoms with Crippen LogP contribution in [0.15, 0.2) is 64.5 Å². The summed E-state index contributed by atoms with van der Waals surface area (Å²) in [5.41, 5.74) is 2.59. The Morgan fingerprint density at radius 2 is 1.65 bits per heavy atom. The largest absolute Gasteiger partial charge is 0.129 e. The van der Waals surface area contributed by atoms with E-state index in [2.05, 4.69) is 75.9 Å². The molecule has 2 heteroatoms. The van der Waals surface area contributed by atoms with Crippen molar-refractivity contribution in [3.63, 3.8) is 0 Å². The molecular formula is C15H13BrS. The first-order valence-electron chi connectivity index (χ1n) is 5.42. The van der Waals surface area contributed by atoms with Crippen molar-refractivity contribution in [1.29, 1.82) is 0 Å². The van der Waals surface area contributed by atoms with E-state index in [9.17, 15) is 0 Å². The van der Waals surface area contributed by atoms with Crippen molar-refractivity contribution in [3.8, 4) is 0 Å². The smallest absolute Gasteiger partial charge is 0.0226 e. The number of hydrogen-bond acceptors (Lipinski definition) is 1. The third-order valence-electron chi connectivity index (χ3n) is 2.32. The highest BCUT2D eigenvalue weighted by molar-refractivity contribution is 9.10. The third-order valence-corrected chi connectivity index (χ3v) is 3.68. The zero-order chi connectivity index (χ0) is 11.9. The first-order chi connectivity index (χ1) is 8.34. The van der Waals surface area contributed by atoms with Gasteiger partial charge in [-0.2, -0.15) is 0 Å². The molecular weight excluding hydrogens is 292 g/mol. The third kappa shape index (κ3) is 4.41. The normalized spacial score (nSPS) is 10.9. The maximum absolute atomic E-state index is 3.43. The van der Waals surface area contributed by atoms with Crippen molar-refractivity contribution in [2.24, 2.45) is 0 Å². The van der Waals surface area contributed by atoms with Gasteiger partial charge in [0.05, 0.1) is 0 Å². The topological polar surface area (TPSA) is 0 Å². The van der Waals surface area contributed by atoms with E-state index in [-0.39, 0.29) is 0 Å². The maximum atomic E-state index is 3.43. The Kier molecular flexibility index (Phi) is 4.89. The van der Waals surface area contributed by atoms with Crippen LogP contribution in [-0.4, -0.2) is 0 Å². The Balaban J connectivity index is 1.84. The minimum Gasteiger partial charge on any atom is -0.129 e. The molecule has 2 aromatic rings. The fourth-order valence-corrected chi connectivity index (χ4v) is 2.42. The second-order valence-electron chi connectivity index (χ2n) is 3.65. The molecule has 0 aliphatic rings. The highest BCUT2D eigenvalue weighted by atomic mass is 79.9. The van der Waals surface area contributed by atoms with Crippen LogP contribution < -0.4 is 0 Å². The van der Waals surface area contributed by atoms with Gasteiger partial charge in [-0.25, -0.2) is 0 Å². The Morgan fingerprint density at radius 1 is 0.941 bits per heavy atom. The van der Waals surface area contributed by atoms with Gasteiger partial charge >= 0.3 is 0 Å². The van der Waals surface area contributed by atoms with E-state index in [4.69, 9.17) is 0 Å². The predicted molar refractivity (Wildman–Crippen MR) is 80.9 cm³/mol. The second kappa shape index (κ2) is 6.67. The van der Waals surface area contributed by atoms with Gasteiger partial charge in [-0.05, 0) is 34.7 Å². The molecule has 86 valence electrons. The van der Waals surface area contributed by atoms with Crippen molar-refractivity contribution in [1.82, 2.24) is 0 Å². The van der Waals surface area contributed by atoms with Gasteiger partial charge in [-0.3, -0.25) is 0 Å². The van der Waals surface area contributed by atoms with E-state index in [0.29, 0.717) is 0 Å². The van der Waals surface area contributed by atoms with Crippen LogP contribution in [0.2, 0.25) is 0 Å². The summed E-state index contributed by atoms with van der Waals surface area (Å²) in [6.45, 7) is 0. The van der Waals surface area contributed by atoms with Gasteiger partial charge < -0.3 is 0 Å². The minimum absolute atomic E-state index is 1.02. The lowest BCUT2D eigenvalue weighted by Gasteiger charge is -1.97. The Hall–Kier alpha value is -0.990. The predicted octanol–water partition coefficient (Wildman–Crippen LogP) is 5.35. The van der Waals surface area contributed by atoms with E-state index in [0.717, 1.165) is 10.2 Å². The SMILES string of the molecule is Brc1ccc(/C=C/SCc2ccccc2)cc1. The van der Waals surface area contributed by atoms with Crippen LogP contribution in [0.1, 0.15) is 11.1 Å². The van der Waals surface area contributed by atoms with Crippen LogP contribution in [0.4, 0.5) is 0 Å². The van der Waals surface area contributed by atoms with Crippen molar-refractivity contribution in [3.05, 3.63) is 75.6 Å².